The van der Waals surface area contributed by atoms with Crippen LogP contribution in [0.3, 0.4) is 0 Å². The number of nitrogens with zero attached hydrogens (tertiary/aromatic N) is 1. The van der Waals surface area contributed by atoms with E-state index in [1.807, 2.05) is 0 Å². The summed E-state index contributed by atoms with van der Waals surface area (Å²) in [7, 11) is 0. The number of halogens is 3. The van der Waals surface area contributed by atoms with Crippen molar-refractivity contribution >= 4 is 11.6 Å². The van der Waals surface area contributed by atoms with Crippen LogP contribution in [-0.2, 0) is 17.5 Å². The Morgan fingerprint density at radius 1 is 1.35 bits per heavy atom. The van der Waals surface area contributed by atoms with Gasteiger partial charge < -0.3 is 11.5 Å². The Kier molecular flexibility index (Phi) is 4.99. The van der Waals surface area contributed by atoms with Crippen LogP contribution in [-0.4, -0.2) is 23.4 Å². The lowest BCUT2D eigenvalue weighted by atomic mass is 10.0. The number of carbonyl (C=O) groups is 1. The number of benzene rings is 1. The van der Waals surface area contributed by atoms with Gasteiger partial charge in [0, 0.05) is 18.3 Å². The summed E-state index contributed by atoms with van der Waals surface area (Å²) in [5.41, 5.74) is 9.85. The molecule has 1 aromatic rings. The predicted octanol–water partition coefficient (Wildman–Crippen LogP) is 1.98. The number of hydrogen-bond acceptors (Lipinski definition) is 3. The molecule has 0 radical (unpaired) electrons. The van der Waals surface area contributed by atoms with Crippen molar-refractivity contribution in [1.82, 2.24) is 4.90 Å². The maximum Gasteiger partial charge on any atom is 0.416 e. The van der Waals surface area contributed by atoms with E-state index in [1.165, 1.54) is 12.1 Å². The van der Waals surface area contributed by atoms with Gasteiger partial charge in [0.15, 0.2) is 0 Å². The lowest BCUT2D eigenvalue weighted by molar-refractivity contribution is -0.138. The summed E-state index contributed by atoms with van der Waals surface area (Å²) < 4.78 is 38.9. The number of hydrogen-bond donors (Lipinski definition) is 2. The zero-order valence-corrected chi connectivity index (χ0v) is 11.4. The number of primary amides is 1. The minimum Gasteiger partial charge on any atom is -0.399 e. The highest BCUT2D eigenvalue weighted by Crippen LogP contribution is 2.34. The van der Waals surface area contributed by atoms with E-state index in [-0.39, 0.29) is 30.4 Å². The molecule has 0 heterocycles. The Bertz CT molecular complexity index is 486. The van der Waals surface area contributed by atoms with E-state index >= 15 is 0 Å². The van der Waals surface area contributed by atoms with Gasteiger partial charge in [0.2, 0.25) is 5.91 Å². The molecule has 20 heavy (non-hydrogen) atoms. The summed E-state index contributed by atoms with van der Waals surface area (Å²) in [5.74, 6) is -0.581. The third-order valence-corrected chi connectivity index (χ3v) is 2.90. The van der Waals surface area contributed by atoms with Gasteiger partial charge in [-0.3, -0.25) is 9.69 Å². The van der Waals surface area contributed by atoms with Crippen molar-refractivity contribution in [1.29, 1.82) is 0 Å². The normalized spacial score (nSPS) is 12.2. The Labute approximate surface area is 115 Å². The number of anilines is 1. The van der Waals surface area contributed by atoms with Crippen LogP contribution in [0.1, 0.15) is 25.0 Å². The first-order chi connectivity index (χ1) is 9.11. The van der Waals surface area contributed by atoms with E-state index in [9.17, 15) is 18.0 Å². The van der Waals surface area contributed by atoms with Crippen LogP contribution in [0.15, 0.2) is 18.2 Å². The van der Waals surface area contributed by atoms with Gasteiger partial charge in [0.05, 0.1) is 12.1 Å². The zero-order valence-electron chi connectivity index (χ0n) is 11.4. The minimum atomic E-state index is -4.49. The third kappa shape index (κ3) is 4.41. The van der Waals surface area contributed by atoms with Gasteiger partial charge in [-0.15, -0.1) is 0 Å². The molecule has 0 aliphatic carbocycles. The molecule has 0 aliphatic heterocycles. The van der Waals surface area contributed by atoms with Crippen LogP contribution in [0.4, 0.5) is 18.9 Å². The van der Waals surface area contributed by atoms with E-state index < -0.39 is 17.6 Å². The molecule has 0 saturated heterocycles. The molecule has 0 fully saturated rings. The third-order valence-electron chi connectivity index (χ3n) is 2.90. The highest BCUT2D eigenvalue weighted by Gasteiger charge is 2.34. The summed E-state index contributed by atoms with van der Waals surface area (Å²) in [6.07, 6.45) is -4.49. The van der Waals surface area contributed by atoms with Crippen molar-refractivity contribution < 1.29 is 18.0 Å². The highest BCUT2D eigenvalue weighted by atomic mass is 19.4. The SMILES string of the molecule is CC(C)N(CC(N)=O)Cc1ccc(N)cc1C(F)(F)F. The number of carbonyl (C=O) groups excluding carboxylic acids is 1. The van der Waals surface area contributed by atoms with Gasteiger partial charge in [-0.05, 0) is 31.5 Å². The van der Waals surface area contributed by atoms with E-state index in [0.29, 0.717) is 0 Å². The lowest BCUT2D eigenvalue weighted by Gasteiger charge is -2.26. The first kappa shape index (κ1) is 16.3. The fraction of sp³-hybridized carbons (Fsp3) is 0.462. The lowest BCUT2D eigenvalue weighted by Crippen LogP contribution is -2.38. The molecule has 1 amide bonds. The molecular weight excluding hydrogens is 271 g/mol. The Balaban J connectivity index is 3.09. The van der Waals surface area contributed by atoms with Gasteiger partial charge in [-0.25, -0.2) is 0 Å². The predicted molar refractivity (Wildman–Crippen MR) is 70.6 cm³/mol. The molecule has 7 heteroatoms. The summed E-state index contributed by atoms with van der Waals surface area (Å²) in [6.45, 7) is 3.45. The number of amides is 1. The number of rotatable bonds is 5. The van der Waals surface area contributed by atoms with Crippen molar-refractivity contribution in [3.63, 3.8) is 0 Å². The Morgan fingerprint density at radius 2 is 1.95 bits per heavy atom. The smallest absolute Gasteiger partial charge is 0.399 e. The molecule has 4 nitrogen and oxygen atoms in total. The average Bonchev–Trinajstić information content (AvgIpc) is 2.28. The van der Waals surface area contributed by atoms with Crippen LogP contribution >= 0.6 is 0 Å². The molecule has 0 atom stereocenters. The molecule has 1 rings (SSSR count). The van der Waals surface area contributed by atoms with Crippen molar-refractivity contribution in [2.45, 2.75) is 32.6 Å². The highest BCUT2D eigenvalue weighted by molar-refractivity contribution is 5.76. The van der Waals surface area contributed by atoms with Gasteiger partial charge in [0.1, 0.15) is 0 Å². The molecule has 0 unspecified atom stereocenters. The fourth-order valence-electron chi connectivity index (χ4n) is 1.84. The second kappa shape index (κ2) is 6.13. The van der Waals surface area contributed by atoms with Gasteiger partial charge in [-0.1, -0.05) is 6.07 Å². The quantitative estimate of drug-likeness (QED) is 0.814. The summed E-state index contributed by atoms with van der Waals surface area (Å²) >= 11 is 0. The molecule has 1 aromatic carbocycles. The molecule has 0 aliphatic rings. The van der Waals surface area contributed by atoms with Crippen molar-refractivity contribution in [2.24, 2.45) is 5.73 Å². The second-order valence-electron chi connectivity index (χ2n) is 4.88. The average molecular weight is 289 g/mol. The Hall–Kier alpha value is -1.76. The summed E-state index contributed by atoms with van der Waals surface area (Å²) in [6, 6.07) is 3.53. The maximum absolute atomic E-state index is 13.0. The number of alkyl halides is 3. The van der Waals surface area contributed by atoms with Crippen molar-refractivity contribution in [3.05, 3.63) is 29.3 Å². The number of nitrogens with two attached hydrogens (primary N) is 2. The monoisotopic (exact) mass is 289 g/mol. The van der Waals surface area contributed by atoms with E-state index in [4.69, 9.17) is 11.5 Å². The van der Waals surface area contributed by atoms with Crippen LogP contribution in [0.25, 0.3) is 0 Å². The standard InChI is InChI=1S/C13H18F3N3O/c1-8(2)19(7-12(18)20)6-9-3-4-10(17)5-11(9)13(14,15)16/h3-5,8H,6-7,17H2,1-2H3,(H2,18,20). The van der Waals surface area contributed by atoms with E-state index in [0.717, 1.165) is 6.07 Å². The Morgan fingerprint density at radius 3 is 2.40 bits per heavy atom. The van der Waals surface area contributed by atoms with E-state index in [2.05, 4.69) is 0 Å². The largest absolute Gasteiger partial charge is 0.416 e. The van der Waals surface area contributed by atoms with Crippen LogP contribution < -0.4 is 11.5 Å². The zero-order chi connectivity index (χ0) is 15.5. The molecule has 112 valence electrons. The number of nitrogen functional groups attached to an aromatic ring is 1. The molecule has 0 bridgehead atoms. The molecule has 0 saturated carbocycles. The van der Waals surface area contributed by atoms with Gasteiger partial charge in [-0.2, -0.15) is 13.2 Å². The summed E-state index contributed by atoms with van der Waals surface area (Å²) in [4.78, 5) is 12.6. The topological polar surface area (TPSA) is 72.3 Å². The van der Waals surface area contributed by atoms with Gasteiger partial charge >= 0.3 is 6.18 Å². The molecule has 0 aromatic heterocycles. The van der Waals surface area contributed by atoms with Crippen LogP contribution in [0.5, 0.6) is 0 Å². The van der Waals surface area contributed by atoms with Crippen LogP contribution in [0.2, 0.25) is 0 Å². The molecule has 4 N–H and O–H groups in total. The molecule has 0 spiro atoms. The first-order valence-corrected chi connectivity index (χ1v) is 6.09. The molecular formula is C13H18F3N3O. The second-order valence-corrected chi connectivity index (χ2v) is 4.88. The van der Waals surface area contributed by atoms with Crippen molar-refractivity contribution in [2.75, 3.05) is 12.3 Å². The van der Waals surface area contributed by atoms with Crippen LogP contribution in [0, 0.1) is 0 Å². The van der Waals surface area contributed by atoms with E-state index in [1.54, 1.807) is 18.7 Å². The minimum absolute atomic E-state index is 0.0181. The van der Waals surface area contributed by atoms with Gasteiger partial charge in [0.25, 0.3) is 0 Å². The first-order valence-electron chi connectivity index (χ1n) is 6.09. The summed E-state index contributed by atoms with van der Waals surface area (Å²) in [5, 5.41) is 0. The maximum atomic E-state index is 13.0. The van der Waals surface area contributed by atoms with Crippen molar-refractivity contribution in [3.8, 4) is 0 Å². The fourth-order valence-corrected chi connectivity index (χ4v) is 1.84.